The van der Waals surface area contributed by atoms with Crippen molar-refractivity contribution in [3.05, 3.63) is 59.4 Å². The third-order valence-electron chi connectivity index (χ3n) is 7.74. The minimum Gasteiger partial charge on any atom is -0.206 e. The lowest BCUT2D eigenvalue weighted by Gasteiger charge is -2.29. The first-order valence-electron chi connectivity index (χ1n) is 13.7. The van der Waals surface area contributed by atoms with Gasteiger partial charge in [-0.05, 0) is 72.8 Å². The highest BCUT2D eigenvalue weighted by Crippen LogP contribution is 2.39. The van der Waals surface area contributed by atoms with Crippen LogP contribution >= 0.6 is 0 Å². The SMILES string of the molecule is CCCCCCCC[C@H]1CC[C@H](c2ccc(-c3ccc(C(F)(F)CCCC)c(F)c3)cc2)CC1. The lowest BCUT2D eigenvalue weighted by Crippen LogP contribution is -2.15. The molecule has 0 N–H and O–H groups in total. The standard InChI is InChI=1S/C31H43F3/c1-3-5-7-8-9-10-11-24-12-14-25(15-13-24)26-16-18-27(19-17-26)28-20-21-29(30(32)23-28)31(33,34)22-6-4-2/h16-21,23-25H,3-15,22H2,1-2H3/t24-,25-. The number of halogens is 3. The molecular formula is C31H43F3. The topological polar surface area (TPSA) is 0 Å². The van der Waals surface area contributed by atoms with Crippen LogP contribution in [0.2, 0.25) is 0 Å². The van der Waals surface area contributed by atoms with Gasteiger partial charge in [-0.15, -0.1) is 0 Å². The summed E-state index contributed by atoms with van der Waals surface area (Å²) in [6.07, 6.45) is 15.5. The second-order valence-electron chi connectivity index (χ2n) is 10.4. The summed E-state index contributed by atoms with van der Waals surface area (Å²) in [5.74, 6) is -2.44. The lowest BCUT2D eigenvalue weighted by atomic mass is 9.77. The summed E-state index contributed by atoms with van der Waals surface area (Å²) in [5.41, 5.74) is 2.40. The molecule has 0 nitrogen and oxygen atoms in total. The van der Waals surface area contributed by atoms with Gasteiger partial charge in [-0.25, -0.2) is 13.2 Å². The number of benzene rings is 2. The second kappa shape index (κ2) is 13.4. The largest absolute Gasteiger partial charge is 0.276 e. The fourth-order valence-corrected chi connectivity index (χ4v) is 5.47. The molecule has 0 bridgehead atoms. The Morgan fingerprint density at radius 2 is 1.35 bits per heavy atom. The average Bonchev–Trinajstić information content (AvgIpc) is 2.85. The van der Waals surface area contributed by atoms with Crippen molar-refractivity contribution >= 4 is 0 Å². The van der Waals surface area contributed by atoms with Crippen LogP contribution in [0.3, 0.4) is 0 Å². The molecule has 1 aliphatic rings. The minimum absolute atomic E-state index is 0.310. The number of hydrogen-bond donors (Lipinski definition) is 0. The third-order valence-corrected chi connectivity index (χ3v) is 7.74. The predicted molar refractivity (Wildman–Crippen MR) is 138 cm³/mol. The Labute approximate surface area is 205 Å². The maximum atomic E-state index is 14.6. The molecule has 0 aliphatic heterocycles. The van der Waals surface area contributed by atoms with Crippen molar-refractivity contribution in [1.29, 1.82) is 0 Å². The molecule has 0 atom stereocenters. The number of rotatable bonds is 13. The van der Waals surface area contributed by atoms with E-state index in [1.807, 2.05) is 19.1 Å². The molecule has 1 aliphatic carbocycles. The molecule has 188 valence electrons. The molecule has 2 aromatic rings. The molecule has 3 heteroatoms. The van der Waals surface area contributed by atoms with E-state index >= 15 is 0 Å². The minimum atomic E-state index is -3.11. The van der Waals surface area contributed by atoms with Crippen molar-refractivity contribution in [1.82, 2.24) is 0 Å². The molecule has 0 heterocycles. The quantitative estimate of drug-likeness (QED) is 0.254. The van der Waals surface area contributed by atoms with Crippen molar-refractivity contribution in [2.24, 2.45) is 5.92 Å². The van der Waals surface area contributed by atoms with Crippen molar-refractivity contribution in [3.63, 3.8) is 0 Å². The van der Waals surface area contributed by atoms with Gasteiger partial charge in [0.25, 0.3) is 5.92 Å². The van der Waals surface area contributed by atoms with Gasteiger partial charge in [0, 0.05) is 6.42 Å². The van der Waals surface area contributed by atoms with E-state index in [1.54, 1.807) is 6.07 Å². The Kier molecular flexibility index (Phi) is 10.5. The van der Waals surface area contributed by atoms with Crippen LogP contribution in [-0.2, 0) is 5.92 Å². The first kappa shape index (κ1) is 26.8. The highest BCUT2D eigenvalue weighted by atomic mass is 19.3. The van der Waals surface area contributed by atoms with Crippen LogP contribution in [0.15, 0.2) is 42.5 Å². The molecule has 0 radical (unpaired) electrons. The fourth-order valence-electron chi connectivity index (χ4n) is 5.47. The van der Waals surface area contributed by atoms with Gasteiger partial charge in [-0.2, -0.15) is 0 Å². The van der Waals surface area contributed by atoms with E-state index in [4.69, 9.17) is 0 Å². The van der Waals surface area contributed by atoms with Gasteiger partial charge in [0.2, 0.25) is 0 Å². The molecule has 0 saturated heterocycles. The van der Waals surface area contributed by atoms with Gasteiger partial charge in [-0.1, -0.05) is 95.5 Å². The summed E-state index contributed by atoms with van der Waals surface area (Å²) in [7, 11) is 0. The van der Waals surface area contributed by atoms with Gasteiger partial charge in [0.1, 0.15) is 5.82 Å². The molecule has 34 heavy (non-hydrogen) atoms. The highest BCUT2D eigenvalue weighted by Gasteiger charge is 2.33. The van der Waals surface area contributed by atoms with Crippen molar-refractivity contribution in [2.45, 2.75) is 116 Å². The Morgan fingerprint density at radius 1 is 0.735 bits per heavy atom. The van der Waals surface area contributed by atoms with Crippen LogP contribution in [0.4, 0.5) is 13.2 Å². The predicted octanol–water partition coefficient (Wildman–Crippen LogP) is 10.8. The monoisotopic (exact) mass is 472 g/mol. The molecule has 0 unspecified atom stereocenters. The second-order valence-corrected chi connectivity index (χ2v) is 10.4. The van der Waals surface area contributed by atoms with Crippen LogP contribution in [0.1, 0.15) is 121 Å². The maximum absolute atomic E-state index is 14.6. The first-order valence-corrected chi connectivity index (χ1v) is 13.7. The van der Waals surface area contributed by atoms with E-state index in [9.17, 15) is 13.2 Å². The highest BCUT2D eigenvalue weighted by molar-refractivity contribution is 5.64. The van der Waals surface area contributed by atoms with E-state index in [0.717, 1.165) is 11.5 Å². The first-order chi connectivity index (χ1) is 16.4. The van der Waals surface area contributed by atoms with Crippen LogP contribution in [-0.4, -0.2) is 0 Å². The van der Waals surface area contributed by atoms with Crippen molar-refractivity contribution < 1.29 is 13.2 Å². The molecule has 0 amide bonds. The van der Waals surface area contributed by atoms with E-state index in [0.29, 0.717) is 24.3 Å². The smallest absolute Gasteiger partial charge is 0.206 e. The fraction of sp³-hybridized carbons (Fsp3) is 0.613. The summed E-state index contributed by atoms with van der Waals surface area (Å²) >= 11 is 0. The Morgan fingerprint density at radius 3 is 2.00 bits per heavy atom. The van der Waals surface area contributed by atoms with Crippen LogP contribution < -0.4 is 0 Å². The zero-order chi connectivity index (χ0) is 24.4. The van der Waals surface area contributed by atoms with E-state index in [1.165, 1.54) is 88.3 Å². The molecule has 1 fully saturated rings. The molecule has 0 aromatic heterocycles. The van der Waals surface area contributed by atoms with Gasteiger partial charge in [0.15, 0.2) is 0 Å². The Bertz CT molecular complexity index is 847. The molecular weight excluding hydrogens is 429 g/mol. The Balaban J connectivity index is 1.51. The Hall–Kier alpha value is -1.77. The zero-order valence-corrected chi connectivity index (χ0v) is 21.2. The van der Waals surface area contributed by atoms with Gasteiger partial charge in [0.05, 0.1) is 5.56 Å². The van der Waals surface area contributed by atoms with Crippen molar-refractivity contribution in [3.8, 4) is 11.1 Å². The summed E-state index contributed by atoms with van der Waals surface area (Å²) in [6.45, 7) is 4.13. The van der Waals surface area contributed by atoms with Gasteiger partial charge >= 0.3 is 0 Å². The van der Waals surface area contributed by atoms with Gasteiger partial charge in [-0.3, -0.25) is 0 Å². The average molecular weight is 473 g/mol. The molecule has 3 rings (SSSR count). The van der Waals surface area contributed by atoms with Gasteiger partial charge < -0.3 is 0 Å². The zero-order valence-electron chi connectivity index (χ0n) is 21.2. The van der Waals surface area contributed by atoms with Crippen LogP contribution in [0.25, 0.3) is 11.1 Å². The summed E-state index contributed by atoms with van der Waals surface area (Å²) in [4.78, 5) is 0. The maximum Gasteiger partial charge on any atom is 0.276 e. The molecule has 2 aromatic carbocycles. The van der Waals surface area contributed by atoms with Crippen LogP contribution in [0.5, 0.6) is 0 Å². The van der Waals surface area contributed by atoms with Crippen LogP contribution in [0, 0.1) is 11.7 Å². The number of unbranched alkanes of at least 4 members (excludes halogenated alkanes) is 6. The summed E-state index contributed by atoms with van der Waals surface area (Å²) in [6, 6.07) is 12.5. The van der Waals surface area contributed by atoms with E-state index in [-0.39, 0.29) is 6.42 Å². The lowest BCUT2D eigenvalue weighted by molar-refractivity contribution is -0.0187. The third kappa shape index (κ3) is 7.62. The number of alkyl halides is 2. The normalized spacial score (nSPS) is 18.9. The number of hydrogen-bond acceptors (Lipinski definition) is 0. The van der Waals surface area contributed by atoms with Crippen molar-refractivity contribution in [2.75, 3.05) is 0 Å². The van der Waals surface area contributed by atoms with E-state index < -0.39 is 17.3 Å². The molecule has 0 spiro atoms. The van der Waals surface area contributed by atoms with E-state index in [2.05, 4.69) is 19.1 Å². The summed E-state index contributed by atoms with van der Waals surface area (Å²) < 4.78 is 43.2. The summed E-state index contributed by atoms with van der Waals surface area (Å²) in [5, 5.41) is 0. The molecule has 1 saturated carbocycles.